The van der Waals surface area contributed by atoms with Crippen molar-refractivity contribution in [3.8, 4) is 11.3 Å². The molecule has 1 fully saturated rings. The van der Waals surface area contributed by atoms with Gasteiger partial charge >= 0.3 is 0 Å². The Hall–Kier alpha value is -3.12. The van der Waals surface area contributed by atoms with Crippen molar-refractivity contribution >= 4 is 17.3 Å². The molecule has 3 aromatic rings. The Bertz CT molecular complexity index is 950. The molecule has 2 heterocycles. The van der Waals surface area contributed by atoms with Crippen molar-refractivity contribution in [1.29, 1.82) is 0 Å². The summed E-state index contributed by atoms with van der Waals surface area (Å²) in [5.74, 6) is -0.175. The molecule has 144 valence electrons. The number of amides is 1. The highest BCUT2D eigenvalue weighted by Gasteiger charge is 2.22. The van der Waals surface area contributed by atoms with Crippen LogP contribution in [-0.4, -0.2) is 42.0 Å². The second-order valence-electron chi connectivity index (χ2n) is 7.00. The van der Waals surface area contributed by atoms with E-state index in [2.05, 4.69) is 15.3 Å². The van der Waals surface area contributed by atoms with Gasteiger partial charge in [0.25, 0.3) is 5.91 Å². The van der Waals surface area contributed by atoms with Gasteiger partial charge in [-0.3, -0.25) is 9.48 Å². The summed E-state index contributed by atoms with van der Waals surface area (Å²) < 4.78 is 7.04. The summed E-state index contributed by atoms with van der Waals surface area (Å²) in [6, 6.07) is 19.6. The van der Waals surface area contributed by atoms with E-state index in [1.54, 1.807) is 18.8 Å². The lowest BCUT2D eigenvalue weighted by atomic mass is 10.1. The van der Waals surface area contributed by atoms with Gasteiger partial charge in [-0.05, 0) is 36.8 Å². The average molecular weight is 376 g/mol. The molecule has 1 N–H and O–H groups in total. The van der Waals surface area contributed by atoms with E-state index in [0.717, 1.165) is 42.1 Å². The standard InChI is InChI=1S/C22H24N4O2/c1-25-21(14-20(24-25)16-6-4-3-5-7-16)22(27)23-17-8-10-18(11-9-17)26-13-12-19(15-26)28-2/h3-11,14,19H,12-13,15H2,1-2H3,(H,23,27). The summed E-state index contributed by atoms with van der Waals surface area (Å²) >= 11 is 0. The second kappa shape index (κ2) is 7.86. The van der Waals surface area contributed by atoms with Crippen molar-refractivity contribution in [1.82, 2.24) is 9.78 Å². The van der Waals surface area contributed by atoms with Gasteiger partial charge < -0.3 is 15.0 Å². The predicted molar refractivity (Wildman–Crippen MR) is 111 cm³/mol. The number of hydrogen-bond donors (Lipinski definition) is 1. The van der Waals surface area contributed by atoms with Gasteiger partial charge in [-0.2, -0.15) is 5.10 Å². The number of aromatic nitrogens is 2. The second-order valence-corrected chi connectivity index (χ2v) is 7.00. The molecule has 28 heavy (non-hydrogen) atoms. The number of aryl methyl sites for hydroxylation is 1. The summed E-state index contributed by atoms with van der Waals surface area (Å²) in [6.45, 7) is 1.89. The maximum Gasteiger partial charge on any atom is 0.273 e. The topological polar surface area (TPSA) is 59.4 Å². The fourth-order valence-electron chi connectivity index (χ4n) is 3.54. The monoisotopic (exact) mass is 376 g/mol. The molecule has 1 aliphatic rings. The molecule has 4 rings (SSSR count). The largest absolute Gasteiger partial charge is 0.380 e. The number of hydrogen-bond acceptors (Lipinski definition) is 4. The van der Waals surface area contributed by atoms with E-state index in [9.17, 15) is 4.79 Å². The highest BCUT2D eigenvalue weighted by atomic mass is 16.5. The van der Waals surface area contributed by atoms with Gasteiger partial charge in [0.1, 0.15) is 5.69 Å². The molecule has 0 saturated carbocycles. The van der Waals surface area contributed by atoms with Crippen LogP contribution in [0.15, 0.2) is 60.7 Å². The van der Waals surface area contributed by atoms with Crippen LogP contribution in [0.25, 0.3) is 11.3 Å². The minimum atomic E-state index is -0.175. The number of benzene rings is 2. The Morgan fingerprint density at radius 1 is 1.14 bits per heavy atom. The quantitative estimate of drug-likeness (QED) is 0.740. The van der Waals surface area contributed by atoms with Crippen molar-refractivity contribution in [2.24, 2.45) is 7.05 Å². The van der Waals surface area contributed by atoms with E-state index in [-0.39, 0.29) is 5.91 Å². The van der Waals surface area contributed by atoms with Crippen LogP contribution < -0.4 is 10.2 Å². The SMILES string of the molecule is COC1CCN(c2ccc(NC(=O)c3cc(-c4ccccc4)nn3C)cc2)C1. The molecule has 1 atom stereocenters. The summed E-state index contributed by atoms with van der Waals surface area (Å²) in [5, 5.41) is 7.42. The Balaban J connectivity index is 1.45. The molecule has 1 unspecified atom stereocenters. The smallest absolute Gasteiger partial charge is 0.273 e. The fourth-order valence-corrected chi connectivity index (χ4v) is 3.54. The van der Waals surface area contributed by atoms with Crippen LogP contribution in [0.4, 0.5) is 11.4 Å². The molecule has 1 amide bonds. The molecule has 0 spiro atoms. The lowest BCUT2D eigenvalue weighted by molar-refractivity contribution is 0.101. The number of anilines is 2. The number of rotatable bonds is 5. The molecule has 1 aliphatic heterocycles. The third kappa shape index (κ3) is 3.77. The number of methoxy groups -OCH3 is 1. The van der Waals surface area contributed by atoms with Gasteiger partial charge in [0, 0.05) is 44.2 Å². The first-order chi connectivity index (χ1) is 13.6. The Morgan fingerprint density at radius 2 is 1.89 bits per heavy atom. The summed E-state index contributed by atoms with van der Waals surface area (Å²) in [7, 11) is 3.54. The predicted octanol–water partition coefficient (Wildman–Crippen LogP) is 3.56. The van der Waals surface area contributed by atoms with Crippen LogP contribution in [0.5, 0.6) is 0 Å². The van der Waals surface area contributed by atoms with Crippen LogP contribution in [0.2, 0.25) is 0 Å². The normalized spacial score (nSPS) is 16.4. The fraction of sp³-hybridized carbons (Fsp3) is 0.273. The maximum atomic E-state index is 12.7. The summed E-state index contributed by atoms with van der Waals surface area (Å²) in [6.07, 6.45) is 1.34. The lowest BCUT2D eigenvalue weighted by Gasteiger charge is -2.18. The zero-order chi connectivity index (χ0) is 19.5. The molecule has 6 heteroatoms. The third-order valence-corrected chi connectivity index (χ3v) is 5.15. The van der Waals surface area contributed by atoms with E-state index >= 15 is 0 Å². The minimum absolute atomic E-state index is 0.175. The van der Waals surface area contributed by atoms with Crippen LogP contribution in [0, 0.1) is 0 Å². The average Bonchev–Trinajstić information content (AvgIpc) is 3.36. The molecule has 2 aromatic carbocycles. The van der Waals surface area contributed by atoms with Crippen LogP contribution >= 0.6 is 0 Å². The molecule has 6 nitrogen and oxygen atoms in total. The minimum Gasteiger partial charge on any atom is -0.380 e. The number of nitrogens with one attached hydrogen (secondary N) is 1. The van der Waals surface area contributed by atoms with Gasteiger partial charge in [-0.25, -0.2) is 0 Å². The van der Waals surface area contributed by atoms with Crippen LogP contribution in [-0.2, 0) is 11.8 Å². The Morgan fingerprint density at radius 3 is 2.57 bits per heavy atom. The number of carbonyl (C=O) groups excluding carboxylic acids is 1. The Kier molecular flexibility index (Phi) is 5.12. The molecule has 0 bridgehead atoms. The molecule has 0 aliphatic carbocycles. The van der Waals surface area contributed by atoms with Gasteiger partial charge in [-0.15, -0.1) is 0 Å². The Labute approximate surface area is 164 Å². The number of nitrogens with zero attached hydrogens (tertiary/aromatic N) is 3. The van der Waals surface area contributed by atoms with E-state index in [0.29, 0.717) is 11.8 Å². The third-order valence-electron chi connectivity index (χ3n) is 5.15. The van der Waals surface area contributed by atoms with E-state index in [1.165, 1.54) is 0 Å². The van der Waals surface area contributed by atoms with E-state index < -0.39 is 0 Å². The molecular weight excluding hydrogens is 352 g/mol. The van der Waals surface area contributed by atoms with Crippen molar-refractivity contribution in [3.05, 3.63) is 66.4 Å². The molecular formula is C22H24N4O2. The highest BCUT2D eigenvalue weighted by Crippen LogP contribution is 2.24. The highest BCUT2D eigenvalue weighted by molar-refractivity contribution is 6.03. The molecule has 1 saturated heterocycles. The van der Waals surface area contributed by atoms with E-state index in [4.69, 9.17) is 4.74 Å². The van der Waals surface area contributed by atoms with Gasteiger partial charge in [0.2, 0.25) is 0 Å². The first-order valence-corrected chi connectivity index (χ1v) is 9.42. The van der Waals surface area contributed by atoms with Crippen molar-refractivity contribution in [2.75, 3.05) is 30.4 Å². The number of carbonyl (C=O) groups is 1. The van der Waals surface area contributed by atoms with Crippen LogP contribution in [0.1, 0.15) is 16.9 Å². The zero-order valence-electron chi connectivity index (χ0n) is 16.1. The van der Waals surface area contributed by atoms with Crippen LogP contribution in [0.3, 0.4) is 0 Å². The maximum absolute atomic E-state index is 12.7. The first kappa shape index (κ1) is 18.3. The first-order valence-electron chi connectivity index (χ1n) is 9.42. The van der Waals surface area contributed by atoms with Gasteiger partial charge in [0.05, 0.1) is 11.8 Å². The van der Waals surface area contributed by atoms with Gasteiger partial charge in [-0.1, -0.05) is 30.3 Å². The van der Waals surface area contributed by atoms with Crippen molar-refractivity contribution < 1.29 is 9.53 Å². The van der Waals surface area contributed by atoms with E-state index in [1.807, 2.05) is 60.7 Å². The lowest BCUT2D eigenvalue weighted by Crippen LogP contribution is -2.22. The zero-order valence-corrected chi connectivity index (χ0v) is 16.1. The summed E-state index contributed by atoms with van der Waals surface area (Å²) in [4.78, 5) is 15.0. The van der Waals surface area contributed by atoms with Crippen molar-refractivity contribution in [2.45, 2.75) is 12.5 Å². The number of ether oxygens (including phenoxy) is 1. The van der Waals surface area contributed by atoms with Gasteiger partial charge in [0.15, 0.2) is 0 Å². The molecule has 1 aromatic heterocycles. The van der Waals surface area contributed by atoms with Crippen molar-refractivity contribution in [3.63, 3.8) is 0 Å². The molecule has 0 radical (unpaired) electrons. The summed E-state index contributed by atoms with van der Waals surface area (Å²) in [5.41, 5.74) is 4.19.